The largest absolute Gasteiger partial charge is 0.502 e. The van der Waals surface area contributed by atoms with Crippen LogP contribution in [0.5, 0.6) is 0 Å². The summed E-state index contributed by atoms with van der Waals surface area (Å²) in [5.74, 6) is 0. The molecule has 0 aliphatic carbocycles. The van der Waals surface area contributed by atoms with Gasteiger partial charge in [0.25, 0.3) is 0 Å². The van der Waals surface area contributed by atoms with E-state index in [2.05, 4.69) is 13.8 Å². The molecule has 0 spiro atoms. The minimum Gasteiger partial charge on any atom is -0.377 e. The molecule has 0 heterocycles. The zero-order valence-electron chi connectivity index (χ0n) is 11.1. The summed E-state index contributed by atoms with van der Waals surface area (Å²) >= 11 is 0. The molecule has 0 aromatic rings. The molecule has 4 nitrogen and oxygen atoms in total. The molecule has 0 radical (unpaired) electrons. The first-order valence-corrected chi connectivity index (χ1v) is 7.99. The highest BCUT2D eigenvalue weighted by Gasteiger charge is 2.37. The molecular formula is C11H26O4Si. The molecular weight excluding hydrogens is 224 g/mol. The number of hydrogen-bond acceptors (Lipinski definition) is 4. The van der Waals surface area contributed by atoms with Crippen molar-refractivity contribution in [2.24, 2.45) is 0 Å². The Morgan fingerprint density at radius 3 is 2.12 bits per heavy atom. The maximum absolute atomic E-state index is 5.62. The van der Waals surface area contributed by atoms with Gasteiger partial charge in [-0.05, 0) is 6.42 Å². The summed E-state index contributed by atoms with van der Waals surface area (Å²) < 4.78 is 21.8. The predicted molar refractivity (Wildman–Crippen MR) is 66.3 cm³/mol. The lowest BCUT2D eigenvalue weighted by Gasteiger charge is -2.25. The van der Waals surface area contributed by atoms with Crippen LogP contribution >= 0.6 is 0 Å². The first kappa shape index (κ1) is 16.1. The van der Waals surface area contributed by atoms with Crippen LogP contribution in [0.1, 0.15) is 39.5 Å². The van der Waals surface area contributed by atoms with Crippen LogP contribution in [0.3, 0.4) is 0 Å². The summed E-state index contributed by atoms with van der Waals surface area (Å²) in [6.45, 7) is 5.28. The molecule has 0 rings (SSSR count). The van der Waals surface area contributed by atoms with Gasteiger partial charge in [-0.3, -0.25) is 0 Å². The van der Waals surface area contributed by atoms with E-state index in [0.717, 1.165) is 25.5 Å². The van der Waals surface area contributed by atoms with Crippen LogP contribution in [-0.2, 0) is 18.0 Å². The summed E-state index contributed by atoms with van der Waals surface area (Å²) in [5.41, 5.74) is 0. The predicted octanol–water partition coefficient (Wildman–Crippen LogP) is 2.81. The van der Waals surface area contributed by atoms with Crippen LogP contribution in [0.15, 0.2) is 0 Å². The first-order chi connectivity index (χ1) is 7.74. The molecule has 0 atom stereocenters. The van der Waals surface area contributed by atoms with Gasteiger partial charge in [0.2, 0.25) is 0 Å². The van der Waals surface area contributed by atoms with Crippen LogP contribution in [0.4, 0.5) is 0 Å². The van der Waals surface area contributed by atoms with Crippen molar-refractivity contribution in [1.82, 2.24) is 0 Å². The quantitative estimate of drug-likeness (QED) is 0.321. The Morgan fingerprint density at radius 1 is 0.938 bits per heavy atom. The third-order valence-corrected chi connectivity index (χ3v) is 5.35. The molecule has 0 aliphatic rings. The Labute approximate surface area is 101 Å². The third kappa shape index (κ3) is 6.60. The maximum atomic E-state index is 5.62. The highest BCUT2D eigenvalue weighted by Crippen LogP contribution is 2.15. The zero-order chi connectivity index (χ0) is 12.3. The molecule has 0 N–H and O–H groups in total. The summed E-state index contributed by atoms with van der Waals surface area (Å²) in [6.07, 6.45) is 4.48. The molecule has 0 aliphatic heterocycles. The van der Waals surface area contributed by atoms with Crippen LogP contribution in [0, 0.1) is 0 Å². The van der Waals surface area contributed by atoms with E-state index in [1.165, 1.54) is 12.8 Å². The smallest absolute Gasteiger partial charge is 0.377 e. The molecule has 98 valence electrons. The normalized spacial score (nSPS) is 12.0. The number of rotatable bonds is 11. The molecule has 0 saturated carbocycles. The van der Waals surface area contributed by atoms with Gasteiger partial charge in [0.1, 0.15) is 6.79 Å². The molecule has 0 saturated heterocycles. The van der Waals surface area contributed by atoms with Gasteiger partial charge in [-0.15, -0.1) is 0 Å². The van der Waals surface area contributed by atoms with Crippen LogP contribution in [-0.4, -0.2) is 36.4 Å². The Bertz CT molecular complexity index is 151. The van der Waals surface area contributed by atoms with E-state index < -0.39 is 8.80 Å². The fraction of sp³-hybridized carbons (Fsp3) is 1.00. The van der Waals surface area contributed by atoms with E-state index in [-0.39, 0.29) is 6.79 Å². The summed E-state index contributed by atoms with van der Waals surface area (Å²) in [5, 5.41) is 0. The summed E-state index contributed by atoms with van der Waals surface area (Å²) in [4.78, 5) is 0. The third-order valence-electron chi connectivity index (χ3n) is 2.43. The van der Waals surface area contributed by atoms with Crippen molar-refractivity contribution in [3.63, 3.8) is 0 Å². The van der Waals surface area contributed by atoms with E-state index >= 15 is 0 Å². The molecule has 0 aromatic carbocycles. The molecule has 0 bridgehead atoms. The monoisotopic (exact) mass is 250 g/mol. The molecule has 0 aromatic heterocycles. The minimum absolute atomic E-state index is 0.275. The van der Waals surface area contributed by atoms with Crippen molar-refractivity contribution in [2.45, 2.75) is 45.6 Å². The van der Waals surface area contributed by atoms with Gasteiger partial charge in [-0.2, -0.15) is 0 Å². The number of unbranched alkanes of at least 4 members (excludes halogenated alkanes) is 2. The Hall–Kier alpha value is 0.0569. The van der Waals surface area contributed by atoms with Crippen LogP contribution in [0.25, 0.3) is 0 Å². The fourth-order valence-electron chi connectivity index (χ4n) is 1.43. The molecule has 0 fully saturated rings. The first-order valence-electron chi connectivity index (χ1n) is 6.06. The van der Waals surface area contributed by atoms with Crippen molar-refractivity contribution in [2.75, 3.05) is 27.6 Å². The lowest BCUT2D eigenvalue weighted by atomic mass is 10.3. The van der Waals surface area contributed by atoms with Gasteiger partial charge >= 0.3 is 8.80 Å². The Morgan fingerprint density at radius 2 is 1.62 bits per heavy atom. The average molecular weight is 250 g/mol. The Balaban J connectivity index is 3.67. The van der Waals surface area contributed by atoms with Crippen LogP contribution in [0.2, 0.25) is 6.04 Å². The lowest BCUT2D eigenvalue weighted by Crippen LogP contribution is -2.44. The topological polar surface area (TPSA) is 36.9 Å². The zero-order valence-corrected chi connectivity index (χ0v) is 12.1. The van der Waals surface area contributed by atoms with E-state index in [9.17, 15) is 0 Å². The molecule has 16 heavy (non-hydrogen) atoms. The van der Waals surface area contributed by atoms with Gasteiger partial charge in [0.05, 0.1) is 0 Å². The fourth-order valence-corrected chi connectivity index (χ4v) is 3.26. The molecule has 5 heteroatoms. The van der Waals surface area contributed by atoms with E-state index in [4.69, 9.17) is 18.0 Å². The van der Waals surface area contributed by atoms with Crippen LogP contribution < -0.4 is 0 Å². The minimum atomic E-state index is -2.44. The van der Waals surface area contributed by atoms with E-state index in [0.29, 0.717) is 0 Å². The van der Waals surface area contributed by atoms with Crippen molar-refractivity contribution in [1.29, 1.82) is 0 Å². The second-order valence-corrected chi connectivity index (χ2v) is 6.69. The second-order valence-electron chi connectivity index (χ2n) is 3.72. The summed E-state index contributed by atoms with van der Waals surface area (Å²) in [6, 6.07) is 0.832. The van der Waals surface area contributed by atoms with Gasteiger partial charge < -0.3 is 18.0 Å². The second kappa shape index (κ2) is 10.2. The van der Waals surface area contributed by atoms with Crippen molar-refractivity contribution in [3.05, 3.63) is 0 Å². The van der Waals surface area contributed by atoms with Crippen molar-refractivity contribution >= 4 is 8.80 Å². The number of hydrogen-bond donors (Lipinski definition) is 0. The highest BCUT2D eigenvalue weighted by atomic mass is 28.4. The molecule has 0 unspecified atom stereocenters. The van der Waals surface area contributed by atoms with E-state index in [1.807, 2.05) is 0 Å². The van der Waals surface area contributed by atoms with Crippen molar-refractivity contribution in [3.8, 4) is 0 Å². The average Bonchev–Trinajstić information content (AvgIpc) is 2.32. The molecule has 0 amide bonds. The SMILES string of the molecule is CCCCCOCO[Si](CCC)(OC)OC. The highest BCUT2D eigenvalue weighted by molar-refractivity contribution is 6.60. The van der Waals surface area contributed by atoms with Gasteiger partial charge in [0.15, 0.2) is 0 Å². The van der Waals surface area contributed by atoms with Gasteiger partial charge in [-0.1, -0.05) is 33.1 Å². The Kier molecular flexibility index (Phi) is 10.3. The van der Waals surface area contributed by atoms with E-state index in [1.54, 1.807) is 14.2 Å². The number of ether oxygens (including phenoxy) is 1. The lowest BCUT2D eigenvalue weighted by molar-refractivity contribution is -0.0338. The summed E-state index contributed by atoms with van der Waals surface area (Å²) in [7, 11) is 0.846. The van der Waals surface area contributed by atoms with Crippen molar-refractivity contribution < 1.29 is 18.0 Å². The maximum Gasteiger partial charge on any atom is 0.502 e. The van der Waals surface area contributed by atoms with Gasteiger partial charge in [-0.25, -0.2) is 0 Å². The standard InChI is InChI=1S/C11H26O4Si/c1-5-7-8-9-14-11-15-16(12-3,13-4)10-6-2/h5-11H2,1-4H3. The van der Waals surface area contributed by atoms with Gasteiger partial charge in [0, 0.05) is 26.9 Å².